The van der Waals surface area contributed by atoms with Crippen LogP contribution in [0, 0.1) is 12.8 Å². The summed E-state index contributed by atoms with van der Waals surface area (Å²) in [5.41, 5.74) is 1.16. The van der Waals surface area contributed by atoms with E-state index in [2.05, 4.69) is 32.3 Å². The Morgan fingerprint density at radius 1 is 1.29 bits per heavy atom. The minimum atomic E-state index is 0.0429. The fourth-order valence-corrected chi connectivity index (χ4v) is 1.68. The molecule has 0 fully saturated rings. The molecular weight excluding hydrogens is 250 g/mol. The minimum Gasteiger partial charge on any atom is -0.493 e. The highest BCUT2D eigenvalue weighted by molar-refractivity contribution is 7.37. The summed E-state index contributed by atoms with van der Waals surface area (Å²) in [7, 11) is 5.17. The summed E-state index contributed by atoms with van der Waals surface area (Å²) in [6, 6.07) is 5.93. The molecule has 0 heterocycles. The molecule has 2 nitrogen and oxygen atoms in total. The molecule has 3 unspecified atom stereocenters. The number of aryl methyl sites for hydroxylation is 1. The highest BCUT2D eigenvalue weighted by Gasteiger charge is 2.05. The lowest BCUT2D eigenvalue weighted by molar-refractivity contribution is 0.254. The van der Waals surface area contributed by atoms with E-state index >= 15 is 0 Å². The fraction of sp³-hybridized carbons (Fsp3) is 0.538. The quantitative estimate of drug-likeness (QED) is 0.733. The molecule has 96 valence electrons. The van der Waals surface area contributed by atoms with Gasteiger partial charge in [0.05, 0.1) is 6.61 Å². The van der Waals surface area contributed by atoms with E-state index < -0.39 is 0 Å². The van der Waals surface area contributed by atoms with Crippen molar-refractivity contribution in [1.82, 2.24) is 0 Å². The summed E-state index contributed by atoms with van der Waals surface area (Å²) in [6.07, 6.45) is 1.14. The zero-order valence-corrected chi connectivity index (χ0v) is 13.1. The van der Waals surface area contributed by atoms with Crippen molar-refractivity contribution in [3.8, 4) is 11.5 Å². The van der Waals surface area contributed by atoms with Crippen molar-refractivity contribution < 1.29 is 9.47 Å². The predicted octanol–water partition coefficient (Wildman–Crippen LogP) is 3.83. The van der Waals surface area contributed by atoms with Crippen LogP contribution >= 0.6 is 18.5 Å². The Morgan fingerprint density at radius 2 is 2.00 bits per heavy atom. The Labute approximate surface area is 109 Å². The Kier molecular flexibility index (Phi) is 6.23. The first kappa shape index (κ1) is 14.7. The summed E-state index contributed by atoms with van der Waals surface area (Å²) in [6.45, 7) is 7.18. The van der Waals surface area contributed by atoms with Gasteiger partial charge >= 0.3 is 0 Å². The van der Waals surface area contributed by atoms with Crippen LogP contribution < -0.4 is 9.47 Å². The second kappa shape index (κ2) is 7.19. The largest absolute Gasteiger partial charge is 0.493 e. The molecule has 1 aromatic rings. The summed E-state index contributed by atoms with van der Waals surface area (Å²) in [5, 5.41) is 0. The summed E-state index contributed by atoms with van der Waals surface area (Å²) >= 11 is 0. The molecule has 0 aliphatic rings. The Hall–Kier alpha value is -0.320. The van der Waals surface area contributed by atoms with Crippen LogP contribution in [0.3, 0.4) is 0 Å². The molecule has 0 amide bonds. The molecule has 3 atom stereocenters. The van der Waals surface area contributed by atoms with Crippen molar-refractivity contribution in [2.75, 3.05) is 6.61 Å². The van der Waals surface area contributed by atoms with Gasteiger partial charge in [-0.05, 0) is 36.6 Å². The third-order valence-corrected chi connectivity index (χ3v) is 2.91. The Morgan fingerprint density at radius 3 is 2.53 bits per heavy atom. The summed E-state index contributed by atoms with van der Waals surface area (Å²) in [5.74, 6) is 2.41. The molecule has 0 radical (unpaired) electrons. The molecule has 0 aliphatic heterocycles. The van der Waals surface area contributed by atoms with Crippen LogP contribution in [0.4, 0.5) is 0 Å². The van der Waals surface area contributed by atoms with Crippen LogP contribution in [0.2, 0.25) is 0 Å². The smallest absolute Gasteiger partial charge is 0.123 e. The van der Waals surface area contributed by atoms with Gasteiger partial charge < -0.3 is 9.47 Å². The first-order valence-electron chi connectivity index (χ1n) is 5.94. The number of hydrogen-bond acceptors (Lipinski definition) is 2. The molecule has 1 aromatic carbocycles. The number of benzene rings is 1. The predicted molar refractivity (Wildman–Crippen MR) is 80.0 cm³/mol. The average Bonchev–Trinajstić information content (AvgIpc) is 2.26. The first-order valence-corrected chi connectivity index (χ1v) is 7.27. The summed E-state index contributed by atoms with van der Waals surface area (Å²) < 4.78 is 11.4. The van der Waals surface area contributed by atoms with Crippen LogP contribution in [0.5, 0.6) is 11.5 Å². The molecule has 17 heavy (non-hydrogen) atoms. The van der Waals surface area contributed by atoms with Crippen molar-refractivity contribution in [2.24, 2.45) is 5.92 Å². The van der Waals surface area contributed by atoms with Crippen LogP contribution in [0.25, 0.3) is 0 Å². The molecule has 0 saturated heterocycles. The van der Waals surface area contributed by atoms with Crippen LogP contribution in [0.15, 0.2) is 18.2 Å². The molecular formula is C13H22O2P2. The van der Waals surface area contributed by atoms with Crippen molar-refractivity contribution in [3.63, 3.8) is 0 Å². The number of rotatable bonds is 6. The Bertz CT molecular complexity index is 353. The third kappa shape index (κ3) is 5.23. The van der Waals surface area contributed by atoms with Gasteiger partial charge in [-0.2, -0.15) is 0 Å². The number of ether oxygens (including phenoxy) is 2. The molecule has 0 aliphatic carbocycles. The van der Waals surface area contributed by atoms with Gasteiger partial charge in [-0.3, -0.25) is 0 Å². The lowest BCUT2D eigenvalue weighted by Crippen LogP contribution is -2.08. The summed E-state index contributed by atoms with van der Waals surface area (Å²) in [4.78, 5) is 0. The maximum Gasteiger partial charge on any atom is 0.123 e. The van der Waals surface area contributed by atoms with Gasteiger partial charge in [0.15, 0.2) is 0 Å². The molecule has 0 saturated carbocycles. The van der Waals surface area contributed by atoms with Gasteiger partial charge in [0.2, 0.25) is 0 Å². The maximum absolute atomic E-state index is 5.78. The minimum absolute atomic E-state index is 0.0429. The van der Waals surface area contributed by atoms with Gasteiger partial charge in [-0.1, -0.05) is 38.7 Å². The SMILES string of the molecule is CCC(C)COc1ccc(OC(P)P)cc1C. The lowest BCUT2D eigenvalue weighted by atomic mass is 10.1. The second-order valence-electron chi connectivity index (χ2n) is 4.33. The van der Waals surface area contributed by atoms with Gasteiger partial charge in [-0.25, -0.2) is 0 Å². The van der Waals surface area contributed by atoms with E-state index in [9.17, 15) is 0 Å². The normalized spacial score (nSPS) is 12.6. The van der Waals surface area contributed by atoms with Crippen molar-refractivity contribution in [1.29, 1.82) is 0 Å². The van der Waals surface area contributed by atoms with E-state index in [-0.39, 0.29) is 5.59 Å². The fourth-order valence-electron chi connectivity index (χ4n) is 1.36. The van der Waals surface area contributed by atoms with Crippen LogP contribution in [-0.2, 0) is 0 Å². The molecule has 0 bridgehead atoms. The molecule has 4 heteroatoms. The van der Waals surface area contributed by atoms with E-state index in [1.54, 1.807) is 0 Å². The lowest BCUT2D eigenvalue weighted by Gasteiger charge is -2.15. The van der Waals surface area contributed by atoms with Gasteiger partial charge in [-0.15, -0.1) is 0 Å². The first-order chi connectivity index (χ1) is 8.02. The molecule has 0 spiro atoms. The van der Waals surface area contributed by atoms with E-state index in [4.69, 9.17) is 9.47 Å². The van der Waals surface area contributed by atoms with E-state index in [1.165, 1.54) is 0 Å². The zero-order valence-electron chi connectivity index (χ0n) is 10.8. The number of hydrogen-bond donors (Lipinski definition) is 0. The molecule has 1 rings (SSSR count). The van der Waals surface area contributed by atoms with Crippen molar-refractivity contribution in [2.45, 2.75) is 32.8 Å². The van der Waals surface area contributed by atoms with Gasteiger partial charge in [0, 0.05) is 0 Å². The van der Waals surface area contributed by atoms with E-state index in [1.807, 2.05) is 25.1 Å². The average molecular weight is 272 g/mol. The van der Waals surface area contributed by atoms with Gasteiger partial charge in [0.25, 0.3) is 0 Å². The Balaban J connectivity index is 2.63. The van der Waals surface area contributed by atoms with Crippen LogP contribution in [0.1, 0.15) is 25.8 Å². The molecule has 0 N–H and O–H groups in total. The van der Waals surface area contributed by atoms with E-state index in [0.29, 0.717) is 5.92 Å². The third-order valence-electron chi connectivity index (χ3n) is 2.64. The van der Waals surface area contributed by atoms with Crippen LogP contribution in [-0.4, -0.2) is 12.2 Å². The topological polar surface area (TPSA) is 18.5 Å². The maximum atomic E-state index is 5.78. The molecule has 0 aromatic heterocycles. The highest BCUT2D eigenvalue weighted by Crippen LogP contribution is 2.26. The zero-order chi connectivity index (χ0) is 12.8. The van der Waals surface area contributed by atoms with Crippen molar-refractivity contribution in [3.05, 3.63) is 23.8 Å². The standard InChI is InChI=1S/C13H22O2P2/c1-4-9(2)8-14-12-6-5-11(7-10(12)3)15-13(16)17/h5-7,9,13H,4,8,16-17H2,1-3H3. The van der Waals surface area contributed by atoms with E-state index in [0.717, 1.165) is 30.1 Å². The monoisotopic (exact) mass is 272 g/mol. The van der Waals surface area contributed by atoms with Gasteiger partial charge in [0.1, 0.15) is 17.1 Å². The van der Waals surface area contributed by atoms with Crippen molar-refractivity contribution >= 4 is 18.5 Å². The second-order valence-corrected chi connectivity index (χ2v) is 6.42. The highest BCUT2D eigenvalue weighted by atomic mass is 31.1.